The first-order valence-electron chi connectivity index (χ1n) is 7.00. The molecule has 0 aromatic carbocycles. The zero-order valence-electron chi connectivity index (χ0n) is 12.4. The maximum absolute atomic E-state index is 11.7. The molecule has 1 aliphatic heterocycles. The molecule has 2 rings (SSSR count). The molecule has 110 valence electrons. The van der Waals surface area contributed by atoms with E-state index in [0.717, 1.165) is 38.3 Å². The molecule has 20 heavy (non-hydrogen) atoms. The fourth-order valence-electron chi connectivity index (χ4n) is 2.28. The molecule has 1 aromatic rings. The zero-order chi connectivity index (χ0) is 14.6. The zero-order valence-corrected chi connectivity index (χ0v) is 12.4. The molecule has 1 amide bonds. The van der Waals surface area contributed by atoms with Gasteiger partial charge in [-0.1, -0.05) is 6.92 Å². The van der Waals surface area contributed by atoms with E-state index >= 15 is 0 Å². The molecule has 1 aromatic heterocycles. The predicted molar refractivity (Wildman–Crippen MR) is 78.7 cm³/mol. The molecule has 2 heterocycles. The minimum Gasteiger partial charge on any atom is -0.368 e. The van der Waals surface area contributed by atoms with Crippen LogP contribution in [0.15, 0.2) is 12.1 Å². The molecule has 0 atom stereocenters. The lowest BCUT2D eigenvalue weighted by Crippen LogP contribution is -2.39. The van der Waals surface area contributed by atoms with Crippen LogP contribution in [0.4, 0.5) is 5.82 Å². The van der Waals surface area contributed by atoms with Crippen molar-refractivity contribution in [1.82, 2.24) is 20.4 Å². The van der Waals surface area contributed by atoms with Crippen LogP contribution in [-0.4, -0.2) is 54.7 Å². The maximum Gasteiger partial charge on any atom is 0.273 e. The average Bonchev–Trinajstić information content (AvgIpc) is 2.46. The molecule has 2 N–H and O–H groups in total. The van der Waals surface area contributed by atoms with Gasteiger partial charge in [0.15, 0.2) is 5.69 Å². The number of amides is 1. The molecular weight excluding hydrogens is 254 g/mol. The number of nitrogens with zero attached hydrogens (tertiary/aromatic N) is 3. The predicted octanol–water partition coefficient (Wildman–Crippen LogP) is 0.980. The smallest absolute Gasteiger partial charge is 0.273 e. The summed E-state index contributed by atoms with van der Waals surface area (Å²) in [6.45, 7) is 5.31. The number of carbonyl (C=O) groups excluding carboxylic acids is 1. The fourth-order valence-corrected chi connectivity index (χ4v) is 2.28. The molecule has 6 nitrogen and oxygen atoms in total. The lowest BCUT2D eigenvalue weighted by atomic mass is 9.81. The number of hydrogen-bond acceptors (Lipinski definition) is 5. The Labute approximate surface area is 120 Å². The summed E-state index contributed by atoms with van der Waals surface area (Å²) in [6.07, 6.45) is 2.31. The van der Waals surface area contributed by atoms with Crippen molar-refractivity contribution in [2.45, 2.75) is 19.8 Å². The number of hydrogen-bond donors (Lipinski definition) is 2. The van der Waals surface area contributed by atoms with Crippen LogP contribution in [-0.2, 0) is 0 Å². The standard InChI is InChI=1S/C14H23N5O/c1-14(6-8-15-9-7-14)10-16-12-5-4-11(17-18-12)13(20)19(2)3/h4-5,15H,6-10H2,1-3H3,(H,16,18). The summed E-state index contributed by atoms with van der Waals surface area (Å²) in [6, 6.07) is 3.52. The van der Waals surface area contributed by atoms with Crippen molar-refractivity contribution >= 4 is 11.7 Å². The van der Waals surface area contributed by atoms with Gasteiger partial charge in [-0.15, -0.1) is 10.2 Å². The Morgan fingerprint density at radius 3 is 2.60 bits per heavy atom. The van der Waals surface area contributed by atoms with E-state index in [1.54, 1.807) is 20.2 Å². The summed E-state index contributed by atoms with van der Waals surface area (Å²) in [4.78, 5) is 13.2. The van der Waals surface area contributed by atoms with E-state index in [2.05, 4.69) is 27.8 Å². The highest BCUT2D eigenvalue weighted by Crippen LogP contribution is 2.27. The highest BCUT2D eigenvalue weighted by Gasteiger charge is 2.26. The van der Waals surface area contributed by atoms with Crippen LogP contribution >= 0.6 is 0 Å². The molecule has 1 aliphatic rings. The van der Waals surface area contributed by atoms with E-state index in [0.29, 0.717) is 11.1 Å². The van der Waals surface area contributed by atoms with E-state index in [-0.39, 0.29) is 5.91 Å². The van der Waals surface area contributed by atoms with E-state index in [1.165, 1.54) is 4.90 Å². The van der Waals surface area contributed by atoms with Gasteiger partial charge in [0, 0.05) is 20.6 Å². The van der Waals surface area contributed by atoms with Crippen LogP contribution < -0.4 is 10.6 Å². The van der Waals surface area contributed by atoms with E-state index in [1.807, 2.05) is 6.07 Å². The van der Waals surface area contributed by atoms with Crippen molar-refractivity contribution in [3.63, 3.8) is 0 Å². The highest BCUT2D eigenvalue weighted by molar-refractivity contribution is 5.91. The van der Waals surface area contributed by atoms with Gasteiger partial charge in [-0.05, 0) is 43.5 Å². The number of carbonyl (C=O) groups is 1. The molecule has 0 bridgehead atoms. The monoisotopic (exact) mass is 277 g/mol. The third kappa shape index (κ3) is 3.66. The Balaban J connectivity index is 1.92. The lowest BCUT2D eigenvalue weighted by Gasteiger charge is -2.34. The van der Waals surface area contributed by atoms with Gasteiger partial charge in [0.05, 0.1) is 0 Å². The minimum atomic E-state index is -0.130. The Bertz CT molecular complexity index is 451. The number of aromatic nitrogens is 2. The van der Waals surface area contributed by atoms with Gasteiger partial charge in [-0.2, -0.15) is 0 Å². The van der Waals surface area contributed by atoms with Gasteiger partial charge >= 0.3 is 0 Å². The molecule has 0 aliphatic carbocycles. The van der Waals surface area contributed by atoms with Crippen LogP contribution in [0, 0.1) is 5.41 Å². The first kappa shape index (κ1) is 14.7. The van der Waals surface area contributed by atoms with Crippen LogP contribution in [0.25, 0.3) is 0 Å². The third-order valence-corrected chi connectivity index (χ3v) is 3.80. The summed E-state index contributed by atoms with van der Waals surface area (Å²) in [7, 11) is 3.41. The van der Waals surface area contributed by atoms with Gasteiger partial charge < -0.3 is 15.5 Å². The number of nitrogens with one attached hydrogen (secondary N) is 2. The Morgan fingerprint density at radius 2 is 2.05 bits per heavy atom. The minimum absolute atomic E-state index is 0.130. The highest BCUT2D eigenvalue weighted by atomic mass is 16.2. The van der Waals surface area contributed by atoms with Gasteiger partial charge in [-0.25, -0.2) is 0 Å². The Hall–Kier alpha value is -1.69. The molecular formula is C14H23N5O. The SMILES string of the molecule is CN(C)C(=O)c1ccc(NCC2(C)CCNCC2)nn1. The van der Waals surface area contributed by atoms with Gasteiger partial charge in [0.2, 0.25) is 0 Å². The Morgan fingerprint density at radius 1 is 1.35 bits per heavy atom. The van der Waals surface area contributed by atoms with Crippen molar-refractivity contribution in [1.29, 1.82) is 0 Å². The van der Waals surface area contributed by atoms with Crippen molar-refractivity contribution in [3.05, 3.63) is 17.8 Å². The number of piperidine rings is 1. The van der Waals surface area contributed by atoms with Crippen molar-refractivity contribution < 1.29 is 4.79 Å². The molecule has 6 heteroatoms. The fraction of sp³-hybridized carbons (Fsp3) is 0.643. The van der Waals surface area contributed by atoms with Crippen molar-refractivity contribution in [3.8, 4) is 0 Å². The number of rotatable bonds is 4. The molecule has 1 saturated heterocycles. The maximum atomic E-state index is 11.7. The normalized spacial score (nSPS) is 17.6. The van der Waals surface area contributed by atoms with Crippen molar-refractivity contribution in [2.24, 2.45) is 5.41 Å². The summed E-state index contributed by atoms with van der Waals surface area (Å²) >= 11 is 0. The topological polar surface area (TPSA) is 70.2 Å². The van der Waals surface area contributed by atoms with Gasteiger partial charge in [0.25, 0.3) is 5.91 Å². The first-order valence-corrected chi connectivity index (χ1v) is 7.00. The second kappa shape index (κ2) is 6.17. The largest absolute Gasteiger partial charge is 0.368 e. The van der Waals surface area contributed by atoms with Crippen molar-refractivity contribution in [2.75, 3.05) is 39.0 Å². The van der Waals surface area contributed by atoms with E-state index < -0.39 is 0 Å². The van der Waals surface area contributed by atoms with Gasteiger partial charge in [0.1, 0.15) is 5.82 Å². The van der Waals surface area contributed by atoms with Crippen LogP contribution in [0.1, 0.15) is 30.3 Å². The van der Waals surface area contributed by atoms with E-state index in [9.17, 15) is 4.79 Å². The second-order valence-corrected chi connectivity index (χ2v) is 5.92. The summed E-state index contributed by atoms with van der Waals surface area (Å²) in [5.74, 6) is 0.592. The summed E-state index contributed by atoms with van der Waals surface area (Å²) < 4.78 is 0. The Kier molecular flexibility index (Phi) is 4.54. The summed E-state index contributed by atoms with van der Waals surface area (Å²) in [5.41, 5.74) is 0.666. The lowest BCUT2D eigenvalue weighted by molar-refractivity contribution is 0.0821. The molecule has 1 fully saturated rings. The third-order valence-electron chi connectivity index (χ3n) is 3.80. The summed E-state index contributed by atoms with van der Waals surface area (Å²) in [5, 5.41) is 14.7. The first-order chi connectivity index (χ1) is 9.50. The second-order valence-electron chi connectivity index (χ2n) is 5.92. The molecule has 0 saturated carbocycles. The average molecular weight is 277 g/mol. The van der Waals surface area contributed by atoms with Crippen LogP contribution in [0.3, 0.4) is 0 Å². The molecule has 0 unspecified atom stereocenters. The van der Waals surface area contributed by atoms with Crippen LogP contribution in [0.5, 0.6) is 0 Å². The molecule has 0 spiro atoms. The van der Waals surface area contributed by atoms with Crippen LogP contribution in [0.2, 0.25) is 0 Å². The van der Waals surface area contributed by atoms with E-state index in [4.69, 9.17) is 0 Å². The number of anilines is 1. The quantitative estimate of drug-likeness (QED) is 0.858. The van der Waals surface area contributed by atoms with Gasteiger partial charge in [-0.3, -0.25) is 4.79 Å². The molecule has 0 radical (unpaired) electrons.